The number of hydrogen-bond donors (Lipinski definition) is 1. The monoisotopic (exact) mass is 331 g/mol. The van der Waals surface area contributed by atoms with Gasteiger partial charge in [-0.05, 0) is 38.8 Å². The summed E-state index contributed by atoms with van der Waals surface area (Å²) in [4.78, 5) is 24.0. The third-order valence-electron chi connectivity index (χ3n) is 3.92. The molecule has 3 rings (SSSR count). The van der Waals surface area contributed by atoms with Crippen LogP contribution >= 0.6 is 0 Å². The van der Waals surface area contributed by atoms with Crippen molar-refractivity contribution < 1.29 is 9.53 Å². The predicted octanol–water partition coefficient (Wildman–Crippen LogP) is 0.341. The molecule has 2 aromatic rings. The van der Waals surface area contributed by atoms with E-state index >= 15 is 0 Å². The van der Waals surface area contributed by atoms with E-state index in [-0.39, 0.29) is 24.1 Å². The molecule has 0 aromatic carbocycles. The van der Waals surface area contributed by atoms with Gasteiger partial charge < -0.3 is 10.1 Å². The molecule has 8 heteroatoms. The molecule has 1 aliphatic rings. The van der Waals surface area contributed by atoms with Gasteiger partial charge in [-0.2, -0.15) is 5.10 Å². The molecule has 1 N–H and O–H groups in total. The van der Waals surface area contributed by atoms with Gasteiger partial charge in [0, 0.05) is 24.9 Å². The van der Waals surface area contributed by atoms with Gasteiger partial charge in [0.2, 0.25) is 5.91 Å². The number of ether oxygens (including phenoxy) is 1. The summed E-state index contributed by atoms with van der Waals surface area (Å²) in [6, 6.07) is 4.92. The molecule has 1 saturated heterocycles. The number of nitrogens with zero attached hydrogens (tertiary/aromatic N) is 4. The fourth-order valence-corrected chi connectivity index (χ4v) is 2.75. The molecular formula is C16H21N5O3. The first-order valence-electron chi connectivity index (χ1n) is 8.03. The lowest BCUT2D eigenvalue weighted by atomic mass is 10.2. The standard InChI is InChI=1S/C16H21N5O3/c1-11-8-12(2)21(18-11)14-5-6-16(23)20(19-14)10-15(22)17-9-13-4-3-7-24-13/h5-6,8,13H,3-4,7,9-10H2,1-2H3,(H,17,22). The van der Waals surface area contributed by atoms with E-state index in [0.717, 1.165) is 35.5 Å². The number of hydrogen-bond acceptors (Lipinski definition) is 5. The number of aryl methyl sites for hydroxylation is 2. The summed E-state index contributed by atoms with van der Waals surface area (Å²) in [5.41, 5.74) is 1.45. The van der Waals surface area contributed by atoms with Crippen LogP contribution in [0.1, 0.15) is 24.2 Å². The number of nitrogens with one attached hydrogen (secondary N) is 1. The number of carbonyl (C=O) groups is 1. The fourth-order valence-electron chi connectivity index (χ4n) is 2.75. The number of rotatable bonds is 5. The van der Waals surface area contributed by atoms with Gasteiger partial charge in [0.15, 0.2) is 5.82 Å². The molecule has 24 heavy (non-hydrogen) atoms. The zero-order chi connectivity index (χ0) is 17.1. The van der Waals surface area contributed by atoms with Crippen LogP contribution in [0.25, 0.3) is 5.82 Å². The van der Waals surface area contributed by atoms with E-state index in [1.54, 1.807) is 10.7 Å². The maximum Gasteiger partial charge on any atom is 0.267 e. The third-order valence-corrected chi connectivity index (χ3v) is 3.92. The Kier molecular flexibility index (Phi) is 4.75. The predicted molar refractivity (Wildman–Crippen MR) is 87.1 cm³/mol. The Labute approximate surface area is 139 Å². The Morgan fingerprint density at radius 2 is 2.21 bits per heavy atom. The van der Waals surface area contributed by atoms with Crippen LogP contribution in [0.5, 0.6) is 0 Å². The topological polar surface area (TPSA) is 91.0 Å². The largest absolute Gasteiger partial charge is 0.376 e. The van der Waals surface area contributed by atoms with Crippen LogP contribution in [0, 0.1) is 13.8 Å². The first kappa shape index (κ1) is 16.4. The lowest BCUT2D eigenvalue weighted by Crippen LogP contribution is -2.37. The van der Waals surface area contributed by atoms with E-state index < -0.39 is 0 Å². The van der Waals surface area contributed by atoms with Gasteiger partial charge in [-0.15, -0.1) is 5.10 Å². The second-order valence-electron chi connectivity index (χ2n) is 5.97. The summed E-state index contributed by atoms with van der Waals surface area (Å²) in [7, 11) is 0. The van der Waals surface area contributed by atoms with Gasteiger partial charge in [0.05, 0.1) is 11.8 Å². The summed E-state index contributed by atoms with van der Waals surface area (Å²) < 4.78 is 8.26. The Morgan fingerprint density at radius 3 is 2.88 bits per heavy atom. The molecular weight excluding hydrogens is 310 g/mol. The highest BCUT2D eigenvalue weighted by atomic mass is 16.5. The average molecular weight is 331 g/mol. The Hall–Kier alpha value is -2.48. The van der Waals surface area contributed by atoms with Gasteiger partial charge in [-0.1, -0.05) is 0 Å². The van der Waals surface area contributed by atoms with E-state index in [0.29, 0.717) is 12.4 Å². The van der Waals surface area contributed by atoms with Crippen molar-refractivity contribution in [2.45, 2.75) is 39.3 Å². The highest BCUT2D eigenvalue weighted by Crippen LogP contribution is 2.10. The zero-order valence-electron chi connectivity index (χ0n) is 13.9. The van der Waals surface area contributed by atoms with Crippen LogP contribution < -0.4 is 10.9 Å². The van der Waals surface area contributed by atoms with E-state index in [2.05, 4.69) is 15.5 Å². The zero-order valence-corrected chi connectivity index (χ0v) is 13.9. The Morgan fingerprint density at radius 1 is 1.38 bits per heavy atom. The van der Waals surface area contributed by atoms with Crippen molar-refractivity contribution in [3.8, 4) is 5.82 Å². The molecule has 0 saturated carbocycles. The average Bonchev–Trinajstić information content (AvgIpc) is 3.17. The number of aromatic nitrogens is 4. The molecule has 0 radical (unpaired) electrons. The van der Waals surface area contributed by atoms with Gasteiger partial charge in [-0.25, -0.2) is 9.36 Å². The normalized spacial score (nSPS) is 17.2. The van der Waals surface area contributed by atoms with Crippen LogP contribution in [-0.4, -0.2) is 44.7 Å². The minimum Gasteiger partial charge on any atom is -0.376 e. The summed E-state index contributed by atoms with van der Waals surface area (Å²) >= 11 is 0. The van der Waals surface area contributed by atoms with E-state index in [1.807, 2.05) is 19.9 Å². The molecule has 2 aromatic heterocycles. The molecule has 8 nitrogen and oxygen atoms in total. The molecule has 0 spiro atoms. The number of amides is 1. The lowest BCUT2D eigenvalue weighted by Gasteiger charge is -2.12. The molecule has 1 atom stereocenters. The maximum atomic E-state index is 12.1. The third kappa shape index (κ3) is 3.70. The first-order valence-corrected chi connectivity index (χ1v) is 8.03. The van der Waals surface area contributed by atoms with Crippen molar-refractivity contribution in [2.75, 3.05) is 13.2 Å². The highest BCUT2D eigenvalue weighted by Gasteiger charge is 2.16. The smallest absolute Gasteiger partial charge is 0.267 e. The van der Waals surface area contributed by atoms with Gasteiger partial charge in [0.25, 0.3) is 5.56 Å². The van der Waals surface area contributed by atoms with Gasteiger partial charge in [0.1, 0.15) is 6.54 Å². The molecule has 0 aliphatic carbocycles. The quantitative estimate of drug-likeness (QED) is 0.853. The lowest BCUT2D eigenvalue weighted by molar-refractivity contribution is -0.122. The van der Waals surface area contributed by atoms with Crippen LogP contribution in [-0.2, 0) is 16.1 Å². The second kappa shape index (κ2) is 6.96. The van der Waals surface area contributed by atoms with Gasteiger partial charge in [-0.3, -0.25) is 9.59 Å². The summed E-state index contributed by atoms with van der Waals surface area (Å²) in [5, 5.41) is 11.4. The SMILES string of the molecule is Cc1cc(C)n(-c2ccc(=O)n(CC(=O)NCC3CCCO3)n2)n1. The maximum absolute atomic E-state index is 12.1. The van der Waals surface area contributed by atoms with E-state index in [4.69, 9.17) is 4.74 Å². The molecule has 3 heterocycles. The van der Waals surface area contributed by atoms with Crippen LogP contribution in [0.2, 0.25) is 0 Å². The second-order valence-corrected chi connectivity index (χ2v) is 5.97. The highest BCUT2D eigenvalue weighted by molar-refractivity contribution is 5.75. The molecule has 0 bridgehead atoms. The fraction of sp³-hybridized carbons (Fsp3) is 0.500. The number of carbonyl (C=O) groups excluding carboxylic acids is 1. The summed E-state index contributed by atoms with van der Waals surface area (Å²) in [6.07, 6.45) is 2.04. The van der Waals surface area contributed by atoms with Crippen molar-refractivity contribution in [1.29, 1.82) is 0 Å². The van der Waals surface area contributed by atoms with Crippen molar-refractivity contribution in [2.24, 2.45) is 0 Å². The van der Waals surface area contributed by atoms with Crippen molar-refractivity contribution >= 4 is 5.91 Å². The minimum absolute atomic E-state index is 0.0691. The Bertz CT molecular complexity index is 789. The van der Waals surface area contributed by atoms with Crippen molar-refractivity contribution in [1.82, 2.24) is 24.9 Å². The van der Waals surface area contributed by atoms with E-state index in [1.165, 1.54) is 6.07 Å². The summed E-state index contributed by atoms with van der Waals surface area (Å²) in [6.45, 7) is 4.87. The van der Waals surface area contributed by atoms with Crippen LogP contribution in [0.3, 0.4) is 0 Å². The molecule has 1 unspecified atom stereocenters. The molecule has 128 valence electrons. The molecule has 1 fully saturated rings. The van der Waals surface area contributed by atoms with Crippen LogP contribution in [0.15, 0.2) is 23.0 Å². The van der Waals surface area contributed by atoms with Crippen molar-refractivity contribution in [3.63, 3.8) is 0 Å². The summed E-state index contributed by atoms with van der Waals surface area (Å²) in [5.74, 6) is 0.248. The van der Waals surface area contributed by atoms with Crippen LogP contribution in [0.4, 0.5) is 0 Å². The Balaban J connectivity index is 1.70. The first-order chi connectivity index (χ1) is 11.5. The van der Waals surface area contributed by atoms with Crippen molar-refractivity contribution in [3.05, 3.63) is 39.9 Å². The van der Waals surface area contributed by atoms with E-state index in [9.17, 15) is 9.59 Å². The van der Waals surface area contributed by atoms with Gasteiger partial charge >= 0.3 is 0 Å². The minimum atomic E-state index is -0.326. The molecule has 1 aliphatic heterocycles. The molecule has 1 amide bonds.